The second-order valence-electron chi connectivity index (χ2n) is 5.31. The summed E-state index contributed by atoms with van der Waals surface area (Å²) in [5.74, 6) is 1.68. The van der Waals surface area contributed by atoms with E-state index in [1.807, 2.05) is 30.2 Å². The fraction of sp³-hybridized carbons (Fsp3) is 0.467. The number of pyridine rings is 1. The van der Waals surface area contributed by atoms with Crippen LogP contribution in [0.4, 0.5) is 10.9 Å². The summed E-state index contributed by atoms with van der Waals surface area (Å²) >= 11 is 2.95. The van der Waals surface area contributed by atoms with Gasteiger partial charge in [-0.15, -0.1) is 10.2 Å². The van der Waals surface area contributed by atoms with Gasteiger partial charge >= 0.3 is 0 Å². The fourth-order valence-corrected chi connectivity index (χ4v) is 4.21. The molecule has 7 nitrogen and oxygen atoms in total. The lowest BCUT2D eigenvalue weighted by Gasteiger charge is -2.30. The number of aromatic amines is 1. The van der Waals surface area contributed by atoms with E-state index in [1.165, 1.54) is 23.1 Å². The van der Waals surface area contributed by atoms with Gasteiger partial charge in [0.2, 0.25) is 11.0 Å². The lowest BCUT2D eigenvalue weighted by atomic mass is 10.3. The van der Waals surface area contributed by atoms with E-state index in [4.69, 9.17) is 0 Å². The minimum Gasteiger partial charge on any atom is -0.360 e. The average Bonchev–Trinajstić information content (AvgIpc) is 3.08. The number of hydrogen-bond acceptors (Lipinski definition) is 7. The number of carbonyl (C=O) groups is 1. The molecule has 2 N–H and O–H groups in total. The number of carbonyl (C=O) groups excluding carboxylic acids is 1. The molecule has 1 fully saturated rings. The number of thioether (sulfide) groups is 1. The maximum atomic E-state index is 12.4. The van der Waals surface area contributed by atoms with E-state index in [1.54, 1.807) is 0 Å². The smallest absolute Gasteiger partial charge is 0.274 e. The highest BCUT2D eigenvalue weighted by Crippen LogP contribution is 2.25. The van der Waals surface area contributed by atoms with Gasteiger partial charge in [0.05, 0.1) is 25.0 Å². The van der Waals surface area contributed by atoms with Crippen molar-refractivity contribution in [3.63, 3.8) is 0 Å². The third kappa shape index (κ3) is 4.35. The summed E-state index contributed by atoms with van der Waals surface area (Å²) in [4.78, 5) is 19.8. The molecule has 0 radical (unpaired) electrons. The van der Waals surface area contributed by atoms with E-state index in [9.17, 15) is 4.79 Å². The molecule has 1 aliphatic heterocycles. The van der Waals surface area contributed by atoms with Crippen LogP contribution in [0.1, 0.15) is 6.92 Å². The molecule has 1 saturated heterocycles. The van der Waals surface area contributed by atoms with E-state index in [-0.39, 0.29) is 5.91 Å². The number of piperazine rings is 1. The summed E-state index contributed by atoms with van der Waals surface area (Å²) in [5.41, 5.74) is 0. The maximum Gasteiger partial charge on any atom is 0.274 e. The van der Waals surface area contributed by atoms with Crippen molar-refractivity contribution in [1.82, 2.24) is 15.1 Å². The van der Waals surface area contributed by atoms with Gasteiger partial charge in [0.15, 0.2) is 4.34 Å². The van der Waals surface area contributed by atoms with Crippen molar-refractivity contribution >= 4 is 40.0 Å². The predicted molar refractivity (Wildman–Crippen MR) is 96.6 cm³/mol. The Kier molecular flexibility index (Phi) is 5.86. The summed E-state index contributed by atoms with van der Waals surface area (Å²) < 4.78 is 0.830. The maximum absolute atomic E-state index is 12.4. The number of aromatic nitrogens is 3. The van der Waals surface area contributed by atoms with E-state index in [2.05, 4.69) is 31.5 Å². The van der Waals surface area contributed by atoms with Gasteiger partial charge in [-0.05, 0) is 13.0 Å². The third-order valence-corrected chi connectivity index (χ3v) is 5.72. The topological polar surface area (TPSA) is 75.5 Å². The number of rotatable bonds is 6. The number of H-pyrrole nitrogens is 1. The molecule has 0 unspecified atom stereocenters. The van der Waals surface area contributed by atoms with Gasteiger partial charge in [-0.2, -0.15) is 0 Å². The van der Waals surface area contributed by atoms with Gasteiger partial charge in [-0.1, -0.05) is 29.2 Å². The van der Waals surface area contributed by atoms with Crippen molar-refractivity contribution in [3.05, 3.63) is 24.4 Å². The van der Waals surface area contributed by atoms with Crippen LogP contribution in [0.15, 0.2) is 28.7 Å². The summed E-state index contributed by atoms with van der Waals surface area (Å²) in [7, 11) is 0. The molecule has 3 rings (SSSR count). The van der Waals surface area contributed by atoms with Gasteiger partial charge in [0.25, 0.3) is 5.82 Å². The number of amides is 1. The van der Waals surface area contributed by atoms with Crippen LogP contribution >= 0.6 is 23.1 Å². The molecule has 128 valence electrons. The van der Waals surface area contributed by atoms with Gasteiger partial charge in [0, 0.05) is 12.6 Å². The quantitative estimate of drug-likeness (QED) is 0.776. The van der Waals surface area contributed by atoms with Gasteiger partial charge in [-0.3, -0.25) is 9.69 Å². The van der Waals surface area contributed by atoms with Gasteiger partial charge < -0.3 is 10.2 Å². The molecule has 0 atom stereocenters. The molecule has 2 aromatic rings. The Balaban J connectivity index is 1.45. The Morgan fingerprint density at radius 1 is 1.33 bits per heavy atom. The van der Waals surface area contributed by atoms with Crippen LogP contribution in [-0.2, 0) is 4.79 Å². The van der Waals surface area contributed by atoms with Crippen LogP contribution in [0.3, 0.4) is 0 Å². The molecule has 0 aliphatic carbocycles. The standard InChI is InChI=1S/C15H20N6OS2/c1-2-16-14-18-19-15(24-14)23-11-13(22)21-9-7-20(8-10-21)12-5-3-4-6-17-12/h3-6H,2,7-11H2,1H3,(H,16,18)/p+1. The van der Waals surface area contributed by atoms with Crippen molar-refractivity contribution in [2.45, 2.75) is 11.3 Å². The van der Waals surface area contributed by atoms with Crippen molar-refractivity contribution in [2.24, 2.45) is 0 Å². The summed E-state index contributed by atoms with van der Waals surface area (Å²) in [6.45, 7) is 6.04. The molecule has 0 saturated carbocycles. The molecule has 0 spiro atoms. The van der Waals surface area contributed by atoms with Crippen LogP contribution in [0.2, 0.25) is 0 Å². The lowest BCUT2D eigenvalue weighted by molar-refractivity contribution is -0.364. The van der Waals surface area contributed by atoms with Crippen LogP contribution < -0.4 is 15.2 Å². The SMILES string of the molecule is CCNc1nnc(SCC(=O)N2CCN(c3cccc[nH+]3)CC2)s1. The molecule has 2 aromatic heterocycles. The molecule has 24 heavy (non-hydrogen) atoms. The van der Waals surface area contributed by atoms with Crippen molar-refractivity contribution < 1.29 is 9.78 Å². The first-order chi connectivity index (χ1) is 11.8. The van der Waals surface area contributed by atoms with Crippen molar-refractivity contribution in [1.29, 1.82) is 0 Å². The minimum atomic E-state index is 0.164. The van der Waals surface area contributed by atoms with E-state index in [0.717, 1.165) is 48.0 Å². The van der Waals surface area contributed by atoms with Crippen LogP contribution in [0.5, 0.6) is 0 Å². The molecule has 3 heterocycles. The van der Waals surface area contributed by atoms with Crippen LogP contribution in [0, 0.1) is 0 Å². The van der Waals surface area contributed by atoms with Crippen LogP contribution in [-0.4, -0.2) is 59.5 Å². The molecular weight excluding hydrogens is 344 g/mol. The van der Waals surface area contributed by atoms with E-state index in [0.29, 0.717) is 5.75 Å². The zero-order valence-corrected chi connectivity index (χ0v) is 15.2. The van der Waals surface area contributed by atoms with Crippen LogP contribution in [0.25, 0.3) is 0 Å². The first kappa shape index (κ1) is 17.0. The minimum absolute atomic E-state index is 0.164. The zero-order valence-electron chi connectivity index (χ0n) is 13.6. The Bertz CT molecular complexity index is 657. The van der Waals surface area contributed by atoms with E-state index >= 15 is 0 Å². The van der Waals surface area contributed by atoms with Crippen molar-refractivity contribution in [3.8, 4) is 0 Å². The zero-order chi connectivity index (χ0) is 16.8. The number of nitrogens with zero attached hydrogens (tertiary/aromatic N) is 4. The summed E-state index contributed by atoms with van der Waals surface area (Å²) in [6, 6.07) is 6.05. The Morgan fingerprint density at radius 3 is 2.88 bits per heavy atom. The van der Waals surface area contributed by atoms with Gasteiger partial charge in [-0.25, -0.2) is 4.98 Å². The predicted octanol–water partition coefficient (Wildman–Crippen LogP) is 1.22. The Labute approximate surface area is 149 Å². The fourth-order valence-electron chi connectivity index (χ4n) is 2.48. The summed E-state index contributed by atoms with van der Waals surface area (Å²) in [6.07, 6.45) is 1.92. The molecule has 1 aliphatic rings. The second kappa shape index (κ2) is 8.29. The number of nitrogens with one attached hydrogen (secondary N) is 2. The molecule has 1 amide bonds. The van der Waals surface area contributed by atoms with Gasteiger partial charge in [0.1, 0.15) is 13.1 Å². The normalized spacial score (nSPS) is 14.7. The van der Waals surface area contributed by atoms with Crippen molar-refractivity contribution in [2.75, 3.05) is 48.7 Å². The lowest BCUT2D eigenvalue weighted by Crippen LogP contribution is -2.50. The second-order valence-corrected chi connectivity index (χ2v) is 7.51. The highest BCUT2D eigenvalue weighted by atomic mass is 32.2. The largest absolute Gasteiger partial charge is 0.360 e. The molecule has 0 bridgehead atoms. The molecule has 0 aromatic carbocycles. The molecule has 9 heteroatoms. The monoisotopic (exact) mass is 365 g/mol. The Morgan fingerprint density at radius 2 is 2.17 bits per heavy atom. The highest BCUT2D eigenvalue weighted by Gasteiger charge is 2.26. The Hall–Kier alpha value is -1.87. The van der Waals surface area contributed by atoms with E-state index < -0.39 is 0 Å². The average molecular weight is 366 g/mol. The third-order valence-electron chi connectivity index (χ3n) is 3.72. The number of anilines is 2. The number of hydrogen-bond donors (Lipinski definition) is 1. The first-order valence-corrected chi connectivity index (χ1v) is 9.76. The first-order valence-electron chi connectivity index (χ1n) is 7.96. The summed E-state index contributed by atoms with van der Waals surface area (Å²) in [5, 5.41) is 12.1. The highest BCUT2D eigenvalue weighted by molar-refractivity contribution is 8.01. The molecular formula is C15H21N6OS2+.